The van der Waals surface area contributed by atoms with Crippen LogP contribution in [0.4, 0.5) is 0 Å². The van der Waals surface area contributed by atoms with Crippen molar-refractivity contribution in [2.45, 2.75) is 30.9 Å². The number of aryl methyl sites for hydroxylation is 1. The highest BCUT2D eigenvalue weighted by molar-refractivity contribution is 7.93. The monoisotopic (exact) mass is 218 g/mol. The summed E-state index contributed by atoms with van der Waals surface area (Å²) in [7, 11) is -2.59. The van der Waals surface area contributed by atoms with Crippen molar-refractivity contribution >= 4 is 21.1 Å². The van der Waals surface area contributed by atoms with E-state index in [1.54, 1.807) is 0 Å². The lowest BCUT2D eigenvalue weighted by Gasteiger charge is -1.96. The van der Waals surface area contributed by atoms with E-state index < -0.39 is 9.73 Å². The Labute approximate surface area is 83.2 Å². The van der Waals surface area contributed by atoms with Crippen LogP contribution in [0.3, 0.4) is 0 Å². The Morgan fingerprint density at radius 2 is 2.08 bits per heavy atom. The molecule has 1 atom stereocenters. The second-order valence-corrected chi connectivity index (χ2v) is 6.81. The van der Waals surface area contributed by atoms with Gasteiger partial charge in [-0.15, -0.1) is 11.3 Å². The van der Waals surface area contributed by atoms with Gasteiger partial charge in [0.2, 0.25) is 0 Å². The Morgan fingerprint density at radius 1 is 1.54 bits per heavy atom. The summed E-state index contributed by atoms with van der Waals surface area (Å²) in [6.45, 7) is 5.91. The van der Waals surface area contributed by atoms with E-state index in [0.29, 0.717) is 10.1 Å². The fourth-order valence-corrected chi connectivity index (χ4v) is 3.31. The number of aromatic nitrogens is 1. The molecule has 3 nitrogen and oxygen atoms in total. The molecule has 0 bridgehead atoms. The minimum Gasteiger partial charge on any atom is -0.248 e. The SMILES string of the molecule is Cc1nc(C(C)C)sc1S(C)(=N)=O. The van der Waals surface area contributed by atoms with E-state index in [0.717, 1.165) is 10.7 Å². The Kier molecular flexibility index (Phi) is 2.77. The quantitative estimate of drug-likeness (QED) is 0.829. The Hall–Kier alpha value is -0.420. The van der Waals surface area contributed by atoms with Gasteiger partial charge in [0.15, 0.2) is 0 Å². The lowest BCUT2D eigenvalue weighted by atomic mass is 10.2. The molecule has 0 saturated carbocycles. The van der Waals surface area contributed by atoms with Crippen molar-refractivity contribution < 1.29 is 4.21 Å². The predicted molar refractivity (Wildman–Crippen MR) is 56.0 cm³/mol. The van der Waals surface area contributed by atoms with Gasteiger partial charge < -0.3 is 0 Å². The van der Waals surface area contributed by atoms with Crippen LogP contribution in [0.15, 0.2) is 4.21 Å². The maximum absolute atomic E-state index is 11.5. The van der Waals surface area contributed by atoms with E-state index in [9.17, 15) is 4.21 Å². The number of hydrogen-bond acceptors (Lipinski definition) is 4. The predicted octanol–water partition coefficient (Wildman–Crippen LogP) is 2.61. The van der Waals surface area contributed by atoms with Gasteiger partial charge >= 0.3 is 0 Å². The zero-order valence-electron chi connectivity index (χ0n) is 8.25. The van der Waals surface area contributed by atoms with Crippen LogP contribution in [-0.4, -0.2) is 15.4 Å². The van der Waals surface area contributed by atoms with E-state index in [-0.39, 0.29) is 0 Å². The second kappa shape index (κ2) is 3.38. The summed E-state index contributed by atoms with van der Waals surface area (Å²) in [5, 5.41) is 0.967. The summed E-state index contributed by atoms with van der Waals surface area (Å²) in [5.41, 5.74) is 0.746. The Bertz CT molecular complexity index is 404. The summed E-state index contributed by atoms with van der Waals surface area (Å²) < 4.78 is 19.6. The molecule has 1 rings (SSSR count). The highest BCUT2D eigenvalue weighted by Crippen LogP contribution is 2.28. The number of rotatable bonds is 2. The van der Waals surface area contributed by atoms with Crippen molar-refractivity contribution in [1.29, 1.82) is 4.78 Å². The average Bonchev–Trinajstić information content (AvgIpc) is 2.29. The van der Waals surface area contributed by atoms with E-state index >= 15 is 0 Å². The number of nitrogens with zero attached hydrogens (tertiary/aromatic N) is 1. The fourth-order valence-electron chi connectivity index (χ4n) is 1.01. The van der Waals surface area contributed by atoms with E-state index in [1.807, 2.05) is 20.8 Å². The number of hydrogen-bond donors (Lipinski definition) is 1. The summed E-state index contributed by atoms with van der Waals surface area (Å²) in [4.78, 5) is 4.30. The molecular formula is C8H14N2OS2. The van der Waals surface area contributed by atoms with Gasteiger partial charge in [-0.1, -0.05) is 13.8 Å². The highest BCUT2D eigenvalue weighted by atomic mass is 32.2. The lowest BCUT2D eigenvalue weighted by molar-refractivity contribution is 0.679. The summed E-state index contributed by atoms with van der Waals surface area (Å²) in [5.74, 6) is 0.346. The first-order valence-corrected chi connectivity index (χ1v) is 6.81. The first-order chi connectivity index (χ1) is 5.82. The van der Waals surface area contributed by atoms with Crippen LogP contribution < -0.4 is 0 Å². The molecule has 0 spiro atoms. The van der Waals surface area contributed by atoms with Crippen molar-refractivity contribution in [3.63, 3.8) is 0 Å². The van der Waals surface area contributed by atoms with Gasteiger partial charge in [0, 0.05) is 12.2 Å². The molecule has 0 fully saturated rings. The fraction of sp³-hybridized carbons (Fsp3) is 0.625. The molecule has 74 valence electrons. The van der Waals surface area contributed by atoms with Crippen LogP contribution in [0.1, 0.15) is 30.5 Å². The molecule has 13 heavy (non-hydrogen) atoms. The van der Waals surface area contributed by atoms with Crippen molar-refractivity contribution in [3.05, 3.63) is 10.7 Å². The van der Waals surface area contributed by atoms with Crippen molar-refractivity contribution in [2.75, 3.05) is 6.26 Å². The topological polar surface area (TPSA) is 53.8 Å². The molecule has 0 aromatic carbocycles. The molecule has 1 unspecified atom stereocenters. The smallest absolute Gasteiger partial charge is 0.122 e. The highest BCUT2D eigenvalue weighted by Gasteiger charge is 2.15. The van der Waals surface area contributed by atoms with Gasteiger partial charge in [-0.05, 0) is 6.92 Å². The summed E-state index contributed by atoms with van der Waals surface area (Å²) in [6.07, 6.45) is 1.44. The first kappa shape index (κ1) is 10.7. The van der Waals surface area contributed by atoms with Crippen LogP contribution in [0.5, 0.6) is 0 Å². The third-order valence-electron chi connectivity index (χ3n) is 1.62. The molecule has 0 aliphatic carbocycles. The van der Waals surface area contributed by atoms with Crippen LogP contribution in [0, 0.1) is 11.7 Å². The normalized spacial score (nSPS) is 16.1. The average molecular weight is 218 g/mol. The van der Waals surface area contributed by atoms with Crippen molar-refractivity contribution in [1.82, 2.24) is 4.98 Å². The second-order valence-electron chi connectivity index (χ2n) is 3.42. The molecule has 5 heteroatoms. The summed E-state index contributed by atoms with van der Waals surface area (Å²) >= 11 is 1.40. The molecule has 0 amide bonds. The standard InChI is InChI=1S/C8H14N2OS2/c1-5(2)7-10-6(3)8(12-7)13(4,9)11/h5,9H,1-4H3. The van der Waals surface area contributed by atoms with E-state index in [1.165, 1.54) is 17.6 Å². The number of thiazole rings is 1. The van der Waals surface area contributed by atoms with Crippen molar-refractivity contribution in [2.24, 2.45) is 0 Å². The van der Waals surface area contributed by atoms with Crippen LogP contribution >= 0.6 is 11.3 Å². The molecular weight excluding hydrogens is 204 g/mol. The first-order valence-electron chi connectivity index (χ1n) is 4.03. The van der Waals surface area contributed by atoms with E-state index in [4.69, 9.17) is 4.78 Å². The minimum absolute atomic E-state index is 0.346. The third kappa shape index (κ3) is 2.28. The zero-order valence-corrected chi connectivity index (χ0v) is 9.88. The van der Waals surface area contributed by atoms with Gasteiger partial charge in [-0.3, -0.25) is 0 Å². The molecule has 1 N–H and O–H groups in total. The van der Waals surface area contributed by atoms with Crippen LogP contribution in [-0.2, 0) is 9.73 Å². The molecule has 1 aromatic heterocycles. The largest absolute Gasteiger partial charge is 0.248 e. The van der Waals surface area contributed by atoms with Crippen molar-refractivity contribution in [3.8, 4) is 0 Å². The minimum atomic E-state index is -2.59. The third-order valence-corrected chi connectivity index (χ3v) is 5.08. The Morgan fingerprint density at radius 3 is 2.31 bits per heavy atom. The van der Waals surface area contributed by atoms with Gasteiger partial charge in [-0.2, -0.15) is 0 Å². The molecule has 1 aromatic rings. The Balaban J connectivity index is 3.27. The molecule has 0 saturated heterocycles. The zero-order chi connectivity index (χ0) is 10.2. The van der Waals surface area contributed by atoms with Gasteiger partial charge in [-0.25, -0.2) is 14.0 Å². The van der Waals surface area contributed by atoms with Crippen LogP contribution in [0.2, 0.25) is 0 Å². The van der Waals surface area contributed by atoms with Gasteiger partial charge in [0.25, 0.3) is 0 Å². The molecule has 0 aliphatic heterocycles. The van der Waals surface area contributed by atoms with Crippen LogP contribution in [0.25, 0.3) is 0 Å². The molecule has 0 radical (unpaired) electrons. The van der Waals surface area contributed by atoms with E-state index in [2.05, 4.69) is 4.98 Å². The van der Waals surface area contributed by atoms with Gasteiger partial charge in [0.05, 0.1) is 20.4 Å². The maximum atomic E-state index is 11.5. The molecule has 0 aliphatic rings. The lowest BCUT2D eigenvalue weighted by Crippen LogP contribution is -1.93. The number of nitrogens with one attached hydrogen (secondary N) is 1. The van der Waals surface area contributed by atoms with Gasteiger partial charge in [0.1, 0.15) is 4.21 Å². The summed E-state index contributed by atoms with van der Waals surface area (Å²) in [6, 6.07) is 0. The molecule has 1 heterocycles. The maximum Gasteiger partial charge on any atom is 0.122 e.